The zero-order chi connectivity index (χ0) is 45.0. The number of amides is 4. The van der Waals surface area contributed by atoms with E-state index in [0.29, 0.717) is 47.2 Å². The number of hydrogen-bond acceptors (Lipinski definition) is 6. The maximum atomic E-state index is 14.6. The van der Waals surface area contributed by atoms with Crippen LogP contribution < -0.4 is 21.3 Å². The van der Waals surface area contributed by atoms with Gasteiger partial charge in [0.2, 0.25) is 0 Å². The first kappa shape index (κ1) is 45.8. The Labute approximate surface area is 355 Å². The molecule has 0 saturated heterocycles. The second kappa shape index (κ2) is 18.6. The Kier molecular flexibility index (Phi) is 14.0. The Morgan fingerprint density at radius 3 is 1.39 bits per heavy atom. The standard InChI is InChI=1S/C24H27FN2O4.C24H27FN2O3/c1-13-18(10-15(11-20(13)25)22(29)27-16-6-7-16)17-8-5-14(9-19(17)23(30)31)21(28)26-12-24(2,3)4;1-14-20(10-16(11-21(14)25)23(30)27-18-6-7-18)19-8-5-15(9-17(19)12-28)22(29)26-13-24(2,3)4/h5,8-11,16H,6-7,12H2,1-4H3,(H,26,28)(H,27,29)(H,30,31);5,8-12,18H,6-7,13H2,1-4H3,(H,26,29)(H,27,30). The zero-order valence-electron chi connectivity index (χ0n) is 35.9. The van der Waals surface area contributed by atoms with E-state index in [2.05, 4.69) is 21.3 Å². The third-order valence-electron chi connectivity index (χ3n) is 10.1. The molecule has 6 rings (SSSR count). The van der Waals surface area contributed by atoms with E-state index in [-0.39, 0.29) is 79.6 Å². The Hall–Kier alpha value is -6.24. The summed E-state index contributed by atoms with van der Waals surface area (Å²) < 4.78 is 29.2. The summed E-state index contributed by atoms with van der Waals surface area (Å²) in [4.78, 5) is 73.4. The number of hydrogen-bond donors (Lipinski definition) is 5. The maximum Gasteiger partial charge on any atom is 0.336 e. The highest BCUT2D eigenvalue weighted by molar-refractivity contribution is 6.03. The van der Waals surface area contributed by atoms with Crippen molar-refractivity contribution < 1.29 is 42.7 Å². The van der Waals surface area contributed by atoms with Gasteiger partial charge in [-0.1, -0.05) is 53.7 Å². The van der Waals surface area contributed by atoms with Crippen molar-refractivity contribution >= 4 is 35.9 Å². The highest BCUT2D eigenvalue weighted by atomic mass is 19.1. The van der Waals surface area contributed by atoms with Gasteiger partial charge < -0.3 is 26.4 Å². The van der Waals surface area contributed by atoms with Crippen LogP contribution in [0.25, 0.3) is 22.3 Å². The van der Waals surface area contributed by atoms with Crippen molar-refractivity contribution in [2.24, 2.45) is 10.8 Å². The molecule has 0 radical (unpaired) electrons. The van der Waals surface area contributed by atoms with Crippen LogP contribution in [0.15, 0.2) is 60.7 Å². The number of benzene rings is 4. The zero-order valence-corrected chi connectivity index (χ0v) is 35.9. The van der Waals surface area contributed by atoms with Gasteiger partial charge in [-0.05, 0) is 132 Å². The molecule has 0 bridgehead atoms. The summed E-state index contributed by atoms with van der Waals surface area (Å²) in [5.41, 5.74) is 2.90. The molecule has 0 unspecified atom stereocenters. The summed E-state index contributed by atoms with van der Waals surface area (Å²) in [5.74, 6) is -3.74. The van der Waals surface area contributed by atoms with E-state index in [9.17, 15) is 42.7 Å². The van der Waals surface area contributed by atoms with Gasteiger partial charge in [-0.25, -0.2) is 13.6 Å². The number of aldehydes is 1. The lowest BCUT2D eigenvalue weighted by Gasteiger charge is -2.19. The van der Waals surface area contributed by atoms with Crippen molar-refractivity contribution in [3.8, 4) is 22.3 Å². The Bertz CT molecular complexity index is 2390. The molecular weight excluding hydrogens is 783 g/mol. The third-order valence-corrected chi connectivity index (χ3v) is 10.1. The lowest BCUT2D eigenvalue weighted by Crippen LogP contribution is -2.32. The lowest BCUT2D eigenvalue weighted by atomic mass is 9.92. The molecular formula is C48H54F2N4O7. The van der Waals surface area contributed by atoms with E-state index in [1.165, 1.54) is 43.3 Å². The molecule has 5 N–H and O–H groups in total. The molecule has 11 nitrogen and oxygen atoms in total. The molecule has 4 amide bonds. The highest BCUT2D eigenvalue weighted by Gasteiger charge is 2.27. The molecule has 4 aromatic carbocycles. The molecule has 2 aliphatic carbocycles. The SMILES string of the molecule is Cc1c(F)cc(C(=O)NC2CC2)cc1-c1ccc(C(=O)NCC(C)(C)C)cc1C(=O)O.Cc1c(F)cc(C(=O)NC2CC2)cc1-c1ccc(C(=O)NCC(C)(C)C)cc1C=O. The largest absolute Gasteiger partial charge is 0.478 e. The van der Waals surface area contributed by atoms with Crippen LogP contribution in [0.3, 0.4) is 0 Å². The predicted octanol–water partition coefficient (Wildman–Crippen LogP) is 8.45. The third kappa shape index (κ3) is 12.4. The van der Waals surface area contributed by atoms with Crippen LogP contribution in [-0.4, -0.2) is 66.2 Å². The van der Waals surface area contributed by atoms with Gasteiger partial charge in [0.05, 0.1) is 5.56 Å². The van der Waals surface area contributed by atoms with Crippen LogP contribution in [0.1, 0.15) is 141 Å². The molecule has 2 aliphatic rings. The van der Waals surface area contributed by atoms with E-state index in [0.717, 1.165) is 31.7 Å². The number of carbonyl (C=O) groups excluding carboxylic acids is 5. The number of halogens is 2. The molecule has 2 fully saturated rings. The van der Waals surface area contributed by atoms with E-state index < -0.39 is 23.5 Å². The number of carboxylic acids is 1. The Balaban J connectivity index is 0.000000231. The summed E-state index contributed by atoms with van der Waals surface area (Å²) in [5, 5.41) is 21.0. The summed E-state index contributed by atoms with van der Waals surface area (Å²) >= 11 is 0. The van der Waals surface area contributed by atoms with Gasteiger partial charge in [0.1, 0.15) is 11.6 Å². The topological polar surface area (TPSA) is 171 Å². The number of aromatic carboxylic acids is 1. The second-order valence-electron chi connectivity index (χ2n) is 18.2. The Morgan fingerprint density at radius 2 is 1.00 bits per heavy atom. The Morgan fingerprint density at radius 1 is 0.590 bits per heavy atom. The molecule has 0 aliphatic heterocycles. The second-order valence-corrected chi connectivity index (χ2v) is 18.2. The van der Waals surface area contributed by atoms with Crippen molar-refractivity contribution in [2.75, 3.05) is 13.1 Å². The fourth-order valence-corrected chi connectivity index (χ4v) is 6.21. The first-order valence-corrected chi connectivity index (χ1v) is 20.3. The molecule has 13 heteroatoms. The molecule has 322 valence electrons. The van der Waals surface area contributed by atoms with Crippen molar-refractivity contribution in [3.63, 3.8) is 0 Å². The van der Waals surface area contributed by atoms with Crippen LogP contribution in [-0.2, 0) is 0 Å². The van der Waals surface area contributed by atoms with Crippen molar-refractivity contribution in [3.05, 3.63) is 117 Å². The first-order valence-electron chi connectivity index (χ1n) is 20.3. The van der Waals surface area contributed by atoms with E-state index in [1.807, 2.05) is 41.5 Å². The van der Waals surface area contributed by atoms with Gasteiger partial charge in [0.25, 0.3) is 23.6 Å². The monoisotopic (exact) mass is 836 g/mol. The fourth-order valence-electron chi connectivity index (χ4n) is 6.21. The lowest BCUT2D eigenvalue weighted by molar-refractivity contribution is 0.0696. The summed E-state index contributed by atoms with van der Waals surface area (Å²) in [7, 11) is 0. The average Bonchev–Trinajstić information content (AvgIpc) is 4.15. The smallest absolute Gasteiger partial charge is 0.336 e. The summed E-state index contributed by atoms with van der Waals surface area (Å²) in [6.45, 7) is 16.0. The molecule has 0 atom stereocenters. The number of carboxylic acid groups (broad SMARTS) is 1. The molecule has 4 aromatic rings. The summed E-state index contributed by atoms with van der Waals surface area (Å²) in [6.07, 6.45) is 4.30. The van der Waals surface area contributed by atoms with Crippen molar-refractivity contribution in [1.82, 2.24) is 21.3 Å². The van der Waals surface area contributed by atoms with E-state index in [1.54, 1.807) is 25.1 Å². The van der Waals surface area contributed by atoms with Gasteiger partial charge in [-0.2, -0.15) is 0 Å². The van der Waals surface area contributed by atoms with Crippen molar-refractivity contribution in [2.45, 2.75) is 93.2 Å². The molecule has 0 aromatic heterocycles. The molecule has 0 spiro atoms. The quantitative estimate of drug-likeness (QED) is 0.0892. The van der Waals surface area contributed by atoms with Crippen LogP contribution in [0.2, 0.25) is 0 Å². The first-order chi connectivity index (χ1) is 28.5. The van der Waals surface area contributed by atoms with Gasteiger partial charge >= 0.3 is 5.97 Å². The van der Waals surface area contributed by atoms with Gasteiger partial charge in [0, 0.05) is 53.0 Å². The van der Waals surface area contributed by atoms with Crippen LogP contribution >= 0.6 is 0 Å². The number of rotatable bonds is 12. The van der Waals surface area contributed by atoms with Gasteiger partial charge in [-0.15, -0.1) is 0 Å². The molecule has 61 heavy (non-hydrogen) atoms. The van der Waals surface area contributed by atoms with E-state index >= 15 is 0 Å². The van der Waals surface area contributed by atoms with Crippen LogP contribution in [0, 0.1) is 36.3 Å². The molecule has 0 heterocycles. The van der Waals surface area contributed by atoms with Crippen LogP contribution in [0.5, 0.6) is 0 Å². The highest BCUT2D eigenvalue weighted by Crippen LogP contribution is 2.33. The average molecular weight is 837 g/mol. The fraction of sp³-hybridized carbons (Fsp3) is 0.375. The van der Waals surface area contributed by atoms with E-state index in [4.69, 9.17) is 0 Å². The minimum Gasteiger partial charge on any atom is -0.478 e. The molecule has 2 saturated carbocycles. The number of nitrogens with one attached hydrogen (secondary N) is 4. The summed E-state index contributed by atoms with van der Waals surface area (Å²) in [6, 6.07) is 14.7. The van der Waals surface area contributed by atoms with Gasteiger partial charge in [0.15, 0.2) is 6.29 Å². The predicted molar refractivity (Wildman–Crippen MR) is 230 cm³/mol. The minimum atomic E-state index is -1.24. The normalized spacial score (nSPS) is 13.6. The number of carbonyl (C=O) groups is 6. The minimum absolute atomic E-state index is 0.0702. The maximum absolute atomic E-state index is 14.6. The van der Waals surface area contributed by atoms with Crippen molar-refractivity contribution in [1.29, 1.82) is 0 Å². The van der Waals surface area contributed by atoms with Crippen LogP contribution in [0.4, 0.5) is 8.78 Å². The van der Waals surface area contributed by atoms with Gasteiger partial charge in [-0.3, -0.25) is 24.0 Å².